The molecule has 2 nitrogen and oxygen atoms in total. The Bertz CT molecular complexity index is 606. The number of aryl methyl sites for hydroxylation is 2. The molecule has 0 aliphatic carbocycles. The van der Waals surface area contributed by atoms with E-state index in [0.717, 1.165) is 12.1 Å². The first-order valence-corrected chi connectivity index (χ1v) is 6.87. The van der Waals surface area contributed by atoms with E-state index in [9.17, 15) is 4.39 Å². The predicted molar refractivity (Wildman–Crippen MR) is 75.5 cm³/mol. The average Bonchev–Trinajstić information content (AvgIpc) is 2.71. The fourth-order valence-electron chi connectivity index (χ4n) is 1.83. The molecule has 98 valence electrons. The lowest BCUT2D eigenvalue weighted by molar-refractivity contribution is 0.621. The van der Waals surface area contributed by atoms with Gasteiger partial charge in [-0.2, -0.15) is 5.26 Å². The van der Waals surface area contributed by atoms with Crippen molar-refractivity contribution in [1.82, 2.24) is 5.32 Å². The third kappa shape index (κ3) is 3.40. The minimum Gasteiger partial charge on any atom is -0.308 e. The van der Waals surface area contributed by atoms with Gasteiger partial charge < -0.3 is 5.32 Å². The van der Waals surface area contributed by atoms with Gasteiger partial charge in [-0.1, -0.05) is 6.07 Å². The summed E-state index contributed by atoms with van der Waals surface area (Å²) in [5, 5.41) is 12.1. The van der Waals surface area contributed by atoms with Crippen LogP contribution in [0.25, 0.3) is 0 Å². The molecule has 4 heteroatoms. The van der Waals surface area contributed by atoms with E-state index in [4.69, 9.17) is 5.26 Å². The summed E-state index contributed by atoms with van der Waals surface area (Å²) in [6.07, 6.45) is 0. The number of nitriles is 1. The number of halogens is 1. The molecule has 1 aromatic heterocycles. The second-order valence-corrected chi connectivity index (χ2v) is 5.82. The smallest absolute Gasteiger partial charge is 0.140 e. The number of rotatable bonds is 4. The summed E-state index contributed by atoms with van der Waals surface area (Å²) in [7, 11) is 0. The fraction of sp³-hybridized carbons (Fsp3) is 0.267. The number of thiophene rings is 1. The van der Waals surface area contributed by atoms with Gasteiger partial charge in [-0.3, -0.25) is 0 Å². The van der Waals surface area contributed by atoms with Crippen LogP contribution in [0.5, 0.6) is 0 Å². The summed E-state index contributed by atoms with van der Waals surface area (Å²) < 4.78 is 13.2. The van der Waals surface area contributed by atoms with Crippen molar-refractivity contribution in [3.8, 4) is 6.07 Å². The minimum atomic E-state index is -0.462. The van der Waals surface area contributed by atoms with E-state index in [1.807, 2.05) is 6.07 Å². The zero-order chi connectivity index (χ0) is 13.8. The van der Waals surface area contributed by atoms with E-state index in [0.29, 0.717) is 6.54 Å². The maximum Gasteiger partial charge on any atom is 0.140 e. The van der Waals surface area contributed by atoms with Crippen LogP contribution in [0.3, 0.4) is 0 Å². The predicted octanol–water partition coefficient (Wildman–Crippen LogP) is 3.67. The summed E-state index contributed by atoms with van der Waals surface area (Å²) in [6, 6.07) is 8.67. The van der Waals surface area contributed by atoms with E-state index in [2.05, 4.69) is 25.2 Å². The van der Waals surface area contributed by atoms with Crippen LogP contribution in [0.2, 0.25) is 0 Å². The molecule has 0 saturated carbocycles. The van der Waals surface area contributed by atoms with Crippen LogP contribution in [-0.2, 0) is 13.1 Å². The summed E-state index contributed by atoms with van der Waals surface area (Å²) in [6.45, 7) is 5.64. The summed E-state index contributed by atoms with van der Waals surface area (Å²) in [5.41, 5.74) is 2.33. The summed E-state index contributed by atoms with van der Waals surface area (Å²) >= 11 is 1.78. The van der Waals surface area contributed by atoms with Crippen LogP contribution in [0.15, 0.2) is 24.3 Å². The third-order valence-corrected chi connectivity index (χ3v) is 4.15. The molecule has 1 heterocycles. The van der Waals surface area contributed by atoms with Gasteiger partial charge >= 0.3 is 0 Å². The van der Waals surface area contributed by atoms with Gasteiger partial charge in [0.25, 0.3) is 0 Å². The van der Waals surface area contributed by atoms with Gasteiger partial charge in [0.1, 0.15) is 11.9 Å². The first kappa shape index (κ1) is 13.7. The Hall–Kier alpha value is -1.70. The zero-order valence-corrected chi connectivity index (χ0v) is 11.8. The highest BCUT2D eigenvalue weighted by atomic mass is 32.1. The van der Waals surface area contributed by atoms with Crippen LogP contribution in [0.1, 0.15) is 26.4 Å². The molecule has 2 rings (SSSR count). The highest BCUT2D eigenvalue weighted by molar-refractivity contribution is 7.12. The Kier molecular flexibility index (Phi) is 4.31. The molecule has 1 aromatic carbocycles. The Morgan fingerprint density at radius 1 is 1.26 bits per heavy atom. The van der Waals surface area contributed by atoms with Crippen molar-refractivity contribution < 1.29 is 4.39 Å². The van der Waals surface area contributed by atoms with E-state index in [1.165, 1.54) is 21.4 Å². The van der Waals surface area contributed by atoms with Gasteiger partial charge in [-0.05, 0) is 43.2 Å². The van der Waals surface area contributed by atoms with Crippen molar-refractivity contribution in [2.45, 2.75) is 26.9 Å². The molecule has 1 N–H and O–H groups in total. The normalized spacial score (nSPS) is 10.4. The van der Waals surface area contributed by atoms with Crippen molar-refractivity contribution in [1.29, 1.82) is 5.26 Å². The third-order valence-electron chi connectivity index (χ3n) is 3.00. The molecule has 19 heavy (non-hydrogen) atoms. The first-order chi connectivity index (χ1) is 9.10. The summed E-state index contributed by atoms with van der Waals surface area (Å²) in [5.74, 6) is -0.462. The lowest BCUT2D eigenvalue weighted by Gasteiger charge is -2.04. The quantitative estimate of drug-likeness (QED) is 0.923. The highest BCUT2D eigenvalue weighted by Crippen LogP contribution is 2.20. The minimum absolute atomic E-state index is 0.0992. The number of hydrogen-bond acceptors (Lipinski definition) is 3. The van der Waals surface area contributed by atoms with Gasteiger partial charge in [-0.25, -0.2) is 4.39 Å². The molecule has 0 saturated heterocycles. The zero-order valence-electron chi connectivity index (χ0n) is 11.0. The maximum absolute atomic E-state index is 13.2. The van der Waals surface area contributed by atoms with Gasteiger partial charge in [0.05, 0.1) is 5.56 Å². The van der Waals surface area contributed by atoms with Gasteiger partial charge in [0.15, 0.2) is 0 Å². The average molecular weight is 274 g/mol. The van der Waals surface area contributed by atoms with Crippen molar-refractivity contribution in [2.24, 2.45) is 0 Å². The Morgan fingerprint density at radius 2 is 2.05 bits per heavy atom. The lowest BCUT2D eigenvalue weighted by atomic mass is 10.1. The van der Waals surface area contributed by atoms with Gasteiger partial charge in [0.2, 0.25) is 0 Å². The van der Waals surface area contributed by atoms with Crippen LogP contribution in [0, 0.1) is 31.0 Å². The molecule has 0 amide bonds. The topological polar surface area (TPSA) is 35.8 Å². The monoisotopic (exact) mass is 274 g/mol. The SMILES string of the molecule is Cc1cc(CNCc2ccc(F)c(C#N)c2)sc1C. The van der Waals surface area contributed by atoms with Crippen molar-refractivity contribution in [3.63, 3.8) is 0 Å². The first-order valence-electron chi connectivity index (χ1n) is 6.05. The van der Waals surface area contributed by atoms with Crippen LogP contribution >= 0.6 is 11.3 Å². The Morgan fingerprint density at radius 3 is 2.68 bits per heavy atom. The molecular formula is C15H15FN2S. The molecule has 0 fully saturated rings. The Balaban J connectivity index is 1.94. The molecule has 0 spiro atoms. The molecule has 0 bridgehead atoms. The van der Waals surface area contributed by atoms with Gasteiger partial charge in [-0.15, -0.1) is 11.3 Å². The van der Waals surface area contributed by atoms with Gasteiger partial charge in [0, 0.05) is 22.8 Å². The number of nitrogens with one attached hydrogen (secondary N) is 1. The Labute approximate surface area is 116 Å². The molecule has 0 aliphatic rings. The molecule has 0 unspecified atom stereocenters. The second-order valence-electron chi connectivity index (χ2n) is 4.48. The molecule has 0 aliphatic heterocycles. The summed E-state index contributed by atoms with van der Waals surface area (Å²) in [4.78, 5) is 2.63. The molecule has 0 radical (unpaired) electrons. The standard InChI is InChI=1S/C15H15FN2S/c1-10-5-14(19-11(10)2)9-18-8-12-3-4-15(16)13(6-12)7-17/h3-6,18H,8-9H2,1-2H3. The van der Waals surface area contributed by atoms with E-state index in [1.54, 1.807) is 23.5 Å². The van der Waals surface area contributed by atoms with E-state index in [-0.39, 0.29) is 5.56 Å². The molecule has 2 aromatic rings. The van der Waals surface area contributed by atoms with Crippen molar-refractivity contribution in [3.05, 3.63) is 56.5 Å². The van der Waals surface area contributed by atoms with E-state index >= 15 is 0 Å². The fourth-order valence-corrected chi connectivity index (χ4v) is 2.86. The van der Waals surface area contributed by atoms with Crippen molar-refractivity contribution >= 4 is 11.3 Å². The van der Waals surface area contributed by atoms with Crippen LogP contribution in [0.4, 0.5) is 4.39 Å². The molecular weight excluding hydrogens is 259 g/mol. The largest absolute Gasteiger partial charge is 0.308 e. The van der Waals surface area contributed by atoms with Crippen LogP contribution in [-0.4, -0.2) is 0 Å². The second kappa shape index (κ2) is 5.96. The highest BCUT2D eigenvalue weighted by Gasteiger charge is 2.04. The van der Waals surface area contributed by atoms with Crippen LogP contribution < -0.4 is 5.32 Å². The maximum atomic E-state index is 13.2. The number of hydrogen-bond donors (Lipinski definition) is 1. The molecule has 0 atom stereocenters. The van der Waals surface area contributed by atoms with E-state index < -0.39 is 5.82 Å². The lowest BCUT2D eigenvalue weighted by Crippen LogP contribution is -2.12. The van der Waals surface area contributed by atoms with Crippen molar-refractivity contribution in [2.75, 3.05) is 0 Å². The number of nitrogens with zero attached hydrogens (tertiary/aromatic N) is 1. The number of benzene rings is 1.